The predicted octanol–water partition coefficient (Wildman–Crippen LogP) is 3.83. The molecule has 0 saturated heterocycles. The van der Waals surface area contributed by atoms with Crippen LogP contribution in [0.2, 0.25) is 0 Å². The van der Waals surface area contributed by atoms with E-state index in [-0.39, 0.29) is 5.76 Å². The van der Waals surface area contributed by atoms with E-state index in [4.69, 9.17) is 9.15 Å². The van der Waals surface area contributed by atoms with Crippen LogP contribution in [0.1, 0.15) is 21.9 Å². The van der Waals surface area contributed by atoms with Crippen molar-refractivity contribution in [1.82, 2.24) is 0 Å². The normalized spacial score (nSPS) is 11.4. The van der Waals surface area contributed by atoms with Crippen molar-refractivity contribution in [2.24, 2.45) is 0 Å². The standard InChI is InChI=1S/C13H9F3O3/c1-8-6-7-11(18-8)12(17)19-10-5-3-2-4-9(10)13(14,15)16/h2-7H,1H3. The minimum Gasteiger partial charge on any atom is -0.454 e. The van der Waals surface area contributed by atoms with Gasteiger partial charge in [0.05, 0.1) is 5.56 Å². The van der Waals surface area contributed by atoms with Crippen molar-refractivity contribution in [2.45, 2.75) is 13.1 Å². The molecule has 0 aliphatic heterocycles. The molecule has 0 saturated carbocycles. The monoisotopic (exact) mass is 270 g/mol. The molecule has 0 spiro atoms. The molecule has 0 aliphatic rings. The minimum atomic E-state index is -4.59. The van der Waals surface area contributed by atoms with Crippen LogP contribution in [-0.4, -0.2) is 5.97 Å². The lowest BCUT2D eigenvalue weighted by molar-refractivity contribution is -0.138. The summed E-state index contributed by atoms with van der Waals surface area (Å²) >= 11 is 0. The quantitative estimate of drug-likeness (QED) is 0.615. The Kier molecular flexibility index (Phi) is 3.33. The number of hydrogen-bond acceptors (Lipinski definition) is 3. The van der Waals surface area contributed by atoms with Crippen LogP contribution in [0.25, 0.3) is 0 Å². The first-order valence-electron chi connectivity index (χ1n) is 5.33. The van der Waals surface area contributed by atoms with Gasteiger partial charge in [-0.05, 0) is 31.2 Å². The Morgan fingerprint density at radius 3 is 2.42 bits per heavy atom. The molecule has 3 nitrogen and oxygen atoms in total. The third-order valence-corrected chi connectivity index (χ3v) is 2.34. The first kappa shape index (κ1) is 13.2. The van der Waals surface area contributed by atoms with Gasteiger partial charge < -0.3 is 9.15 Å². The van der Waals surface area contributed by atoms with Crippen molar-refractivity contribution in [3.63, 3.8) is 0 Å². The van der Waals surface area contributed by atoms with E-state index < -0.39 is 23.5 Å². The SMILES string of the molecule is Cc1ccc(C(=O)Oc2ccccc2C(F)(F)F)o1. The number of benzene rings is 1. The Labute approximate surface area is 106 Å². The molecule has 0 fully saturated rings. The lowest BCUT2D eigenvalue weighted by atomic mass is 10.2. The minimum absolute atomic E-state index is 0.144. The number of carbonyl (C=O) groups excluding carboxylic acids is 1. The molecule has 0 aliphatic carbocycles. The highest BCUT2D eigenvalue weighted by molar-refractivity contribution is 5.88. The Bertz CT molecular complexity index is 599. The third-order valence-electron chi connectivity index (χ3n) is 2.34. The third kappa shape index (κ3) is 2.96. The topological polar surface area (TPSA) is 39.4 Å². The van der Waals surface area contributed by atoms with E-state index in [0.717, 1.165) is 12.1 Å². The van der Waals surface area contributed by atoms with Crippen LogP contribution in [0.5, 0.6) is 5.75 Å². The van der Waals surface area contributed by atoms with E-state index in [2.05, 4.69) is 0 Å². The van der Waals surface area contributed by atoms with Gasteiger partial charge in [0.2, 0.25) is 5.76 Å². The van der Waals surface area contributed by atoms with E-state index in [1.165, 1.54) is 24.3 Å². The second-order valence-corrected chi connectivity index (χ2v) is 3.79. The fraction of sp³-hybridized carbons (Fsp3) is 0.154. The van der Waals surface area contributed by atoms with Crippen LogP contribution < -0.4 is 4.74 Å². The Morgan fingerprint density at radius 1 is 1.16 bits per heavy atom. The van der Waals surface area contributed by atoms with Gasteiger partial charge in [-0.2, -0.15) is 13.2 Å². The molecule has 0 N–H and O–H groups in total. The van der Waals surface area contributed by atoms with Crippen LogP contribution >= 0.6 is 0 Å². The zero-order chi connectivity index (χ0) is 14.0. The second-order valence-electron chi connectivity index (χ2n) is 3.79. The zero-order valence-electron chi connectivity index (χ0n) is 9.82. The average molecular weight is 270 g/mol. The van der Waals surface area contributed by atoms with Gasteiger partial charge >= 0.3 is 12.1 Å². The summed E-state index contributed by atoms with van der Waals surface area (Å²) in [6.45, 7) is 1.61. The van der Waals surface area contributed by atoms with E-state index in [1.54, 1.807) is 6.92 Å². The molecule has 0 bridgehead atoms. The lowest BCUT2D eigenvalue weighted by Crippen LogP contribution is -2.13. The number of halogens is 3. The molecule has 1 aromatic heterocycles. The van der Waals surface area contributed by atoms with Crippen LogP contribution in [-0.2, 0) is 6.18 Å². The van der Waals surface area contributed by atoms with Crippen molar-refractivity contribution >= 4 is 5.97 Å². The molecule has 0 amide bonds. The first-order chi connectivity index (χ1) is 8.88. The number of carbonyl (C=O) groups is 1. The van der Waals surface area contributed by atoms with E-state index in [0.29, 0.717) is 5.76 Å². The van der Waals surface area contributed by atoms with Crippen molar-refractivity contribution in [2.75, 3.05) is 0 Å². The molecule has 2 aromatic rings. The molecule has 19 heavy (non-hydrogen) atoms. The molecular formula is C13H9F3O3. The van der Waals surface area contributed by atoms with Gasteiger partial charge in [-0.15, -0.1) is 0 Å². The number of para-hydroxylation sites is 1. The molecule has 1 heterocycles. The van der Waals surface area contributed by atoms with Crippen molar-refractivity contribution in [3.8, 4) is 5.75 Å². The van der Waals surface area contributed by atoms with Gasteiger partial charge in [-0.1, -0.05) is 12.1 Å². The van der Waals surface area contributed by atoms with Crippen molar-refractivity contribution in [1.29, 1.82) is 0 Å². The number of aryl methyl sites for hydroxylation is 1. The maximum atomic E-state index is 12.7. The summed E-state index contributed by atoms with van der Waals surface area (Å²) in [5.41, 5.74) is -1.01. The van der Waals surface area contributed by atoms with Gasteiger partial charge in [-0.3, -0.25) is 0 Å². The van der Waals surface area contributed by atoms with Gasteiger partial charge in [0.25, 0.3) is 0 Å². The number of ether oxygens (including phenoxy) is 1. The van der Waals surface area contributed by atoms with Crippen molar-refractivity contribution in [3.05, 3.63) is 53.5 Å². The largest absolute Gasteiger partial charge is 0.454 e. The second kappa shape index (κ2) is 4.79. The average Bonchev–Trinajstić information content (AvgIpc) is 2.75. The van der Waals surface area contributed by atoms with Crippen LogP contribution in [0.15, 0.2) is 40.8 Å². The first-order valence-corrected chi connectivity index (χ1v) is 5.33. The van der Waals surface area contributed by atoms with Gasteiger partial charge in [0, 0.05) is 0 Å². The molecule has 0 unspecified atom stereocenters. The molecule has 100 valence electrons. The number of alkyl halides is 3. The molecular weight excluding hydrogens is 261 g/mol. The van der Waals surface area contributed by atoms with Crippen LogP contribution in [0.3, 0.4) is 0 Å². The smallest absolute Gasteiger partial charge is 0.419 e. The van der Waals surface area contributed by atoms with Gasteiger partial charge in [0.15, 0.2) is 0 Å². The van der Waals surface area contributed by atoms with Gasteiger partial charge in [0.1, 0.15) is 11.5 Å². The lowest BCUT2D eigenvalue weighted by Gasteiger charge is -2.11. The highest BCUT2D eigenvalue weighted by atomic mass is 19.4. The number of esters is 1. The van der Waals surface area contributed by atoms with E-state index in [1.807, 2.05) is 0 Å². The predicted molar refractivity (Wildman–Crippen MR) is 59.8 cm³/mol. The van der Waals surface area contributed by atoms with Crippen molar-refractivity contribution < 1.29 is 27.1 Å². The maximum absolute atomic E-state index is 12.7. The summed E-state index contributed by atoms with van der Waals surface area (Å²) in [4.78, 5) is 11.6. The van der Waals surface area contributed by atoms with Crippen LogP contribution in [0, 0.1) is 6.92 Å². The summed E-state index contributed by atoms with van der Waals surface area (Å²) in [6, 6.07) is 7.36. The summed E-state index contributed by atoms with van der Waals surface area (Å²) < 4.78 is 47.8. The van der Waals surface area contributed by atoms with Crippen LogP contribution in [0.4, 0.5) is 13.2 Å². The maximum Gasteiger partial charge on any atom is 0.419 e. The molecule has 1 aromatic carbocycles. The Hall–Kier alpha value is -2.24. The molecule has 0 atom stereocenters. The number of hydrogen-bond donors (Lipinski definition) is 0. The zero-order valence-corrected chi connectivity index (χ0v) is 9.82. The molecule has 0 radical (unpaired) electrons. The van der Waals surface area contributed by atoms with Gasteiger partial charge in [-0.25, -0.2) is 4.79 Å². The Balaban J connectivity index is 2.27. The number of rotatable bonds is 2. The fourth-order valence-corrected chi connectivity index (χ4v) is 1.48. The fourth-order valence-electron chi connectivity index (χ4n) is 1.48. The highest BCUT2D eigenvalue weighted by Crippen LogP contribution is 2.36. The summed E-state index contributed by atoms with van der Waals surface area (Å²) in [7, 11) is 0. The molecule has 6 heteroatoms. The summed E-state index contributed by atoms with van der Waals surface area (Å²) in [5, 5.41) is 0. The highest BCUT2D eigenvalue weighted by Gasteiger charge is 2.34. The summed E-state index contributed by atoms with van der Waals surface area (Å²) in [5.74, 6) is -1.19. The summed E-state index contributed by atoms with van der Waals surface area (Å²) in [6.07, 6.45) is -4.59. The van der Waals surface area contributed by atoms with E-state index >= 15 is 0 Å². The molecule has 2 rings (SSSR count). The number of furan rings is 1. The Morgan fingerprint density at radius 2 is 1.84 bits per heavy atom. The van der Waals surface area contributed by atoms with E-state index in [9.17, 15) is 18.0 Å².